The van der Waals surface area contributed by atoms with Crippen LogP contribution in [0.4, 0.5) is 0 Å². The first-order chi connectivity index (χ1) is 14.3. The molecule has 0 spiro atoms. The Morgan fingerprint density at radius 2 is 1.50 bits per heavy atom. The summed E-state index contributed by atoms with van der Waals surface area (Å²) in [5.74, 6) is -0.0773. The Kier molecular flexibility index (Phi) is 7.89. The fourth-order valence-electron chi connectivity index (χ4n) is 4.42. The van der Waals surface area contributed by atoms with Crippen LogP contribution in [0.15, 0.2) is 54.1 Å². The van der Waals surface area contributed by atoms with Crippen LogP contribution in [0, 0.1) is 0 Å². The highest BCUT2D eigenvalue weighted by Crippen LogP contribution is 2.38. The van der Waals surface area contributed by atoms with Gasteiger partial charge in [-0.2, -0.15) is 0 Å². The van der Waals surface area contributed by atoms with Gasteiger partial charge in [-0.1, -0.05) is 66.3 Å². The summed E-state index contributed by atoms with van der Waals surface area (Å²) >= 11 is 0. The van der Waals surface area contributed by atoms with Gasteiger partial charge < -0.3 is 9.64 Å². The van der Waals surface area contributed by atoms with Gasteiger partial charge in [-0.15, -0.1) is 12.4 Å². The number of rotatable bonds is 5. The van der Waals surface area contributed by atoms with Crippen LogP contribution >= 0.6 is 12.4 Å². The van der Waals surface area contributed by atoms with Gasteiger partial charge in [0.1, 0.15) is 0 Å². The van der Waals surface area contributed by atoms with Crippen LogP contribution in [-0.2, 0) is 9.53 Å². The highest BCUT2D eigenvalue weighted by atomic mass is 35.5. The molecular weight excluding hydrogens is 394 g/mol. The Hall–Kier alpha value is -2.36. The number of likely N-dealkylation sites (tertiary alicyclic amines) is 1. The van der Waals surface area contributed by atoms with Gasteiger partial charge in [0, 0.05) is 19.5 Å². The number of carbonyl (C=O) groups is 1. The number of hydrogen-bond acceptors (Lipinski definition) is 3. The summed E-state index contributed by atoms with van der Waals surface area (Å²) in [6.07, 6.45) is 8.04. The lowest BCUT2D eigenvalue weighted by molar-refractivity contribution is -0.143. The number of piperidine rings is 1. The third-order valence-corrected chi connectivity index (χ3v) is 5.88. The summed E-state index contributed by atoms with van der Waals surface area (Å²) in [6, 6.07) is 17.5. The Labute approximate surface area is 185 Å². The van der Waals surface area contributed by atoms with Crippen molar-refractivity contribution >= 4 is 36.1 Å². The highest BCUT2D eigenvalue weighted by molar-refractivity contribution is 5.94. The molecule has 0 N–H and O–H groups in total. The van der Waals surface area contributed by atoms with Gasteiger partial charge in [0.2, 0.25) is 0 Å². The van der Waals surface area contributed by atoms with Crippen LogP contribution in [-0.4, -0.2) is 37.1 Å². The number of benzene rings is 2. The third kappa shape index (κ3) is 5.03. The van der Waals surface area contributed by atoms with E-state index in [2.05, 4.69) is 65.6 Å². The van der Waals surface area contributed by atoms with Crippen molar-refractivity contribution in [2.75, 3.05) is 26.2 Å². The van der Waals surface area contributed by atoms with Gasteiger partial charge in [-0.25, -0.2) is 0 Å². The molecule has 3 nitrogen and oxygen atoms in total. The quantitative estimate of drug-likeness (QED) is 0.483. The first-order valence-corrected chi connectivity index (χ1v) is 10.7. The molecule has 0 amide bonds. The Morgan fingerprint density at radius 3 is 2.07 bits per heavy atom. The molecule has 158 valence electrons. The van der Waals surface area contributed by atoms with E-state index >= 15 is 0 Å². The third-order valence-electron chi connectivity index (χ3n) is 5.88. The van der Waals surface area contributed by atoms with Crippen molar-refractivity contribution in [3.63, 3.8) is 0 Å². The molecule has 30 heavy (non-hydrogen) atoms. The summed E-state index contributed by atoms with van der Waals surface area (Å²) in [6.45, 7) is 5.41. The molecule has 0 saturated carbocycles. The number of fused-ring (bicyclic) bond motifs is 2. The van der Waals surface area contributed by atoms with E-state index in [1.165, 1.54) is 27.8 Å². The minimum atomic E-state index is -0.0773. The first-order valence-electron chi connectivity index (χ1n) is 10.7. The summed E-state index contributed by atoms with van der Waals surface area (Å²) in [5.41, 5.74) is 8.26. The van der Waals surface area contributed by atoms with Crippen molar-refractivity contribution in [1.29, 1.82) is 0 Å². The fraction of sp³-hybridized carbons (Fsp3) is 0.346. The lowest BCUT2D eigenvalue weighted by Crippen LogP contribution is -2.32. The predicted octanol–water partition coefficient (Wildman–Crippen LogP) is 5.83. The van der Waals surface area contributed by atoms with Crippen LogP contribution in [0.2, 0.25) is 0 Å². The molecule has 4 heteroatoms. The molecule has 2 aromatic carbocycles. The Bertz CT molecular complexity index is 886. The molecule has 0 aromatic heterocycles. The van der Waals surface area contributed by atoms with E-state index in [9.17, 15) is 4.79 Å². The van der Waals surface area contributed by atoms with Crippen molar-refractivity contribution in [2.45, 2.75) is 32.6 Å². The van der Waals surface area contributed by atoms with Gasteiger partial charge >= 0.3 is 5.97 Å². The zero-order valence-corrected chi connectivity index (χ0v) is 18.4. The van der Waals surface area contributed by atoms with E-state index in [0.717, 1.165) is 38.9 Å². The second-order valence-corrected chi connectivity index (χ2v) is 7.74. The van der Waals surface area contributed by atoms with Crippen molar-refractivity contribution < 1.29 is 9.53 Å². The van der Waals surface area contributed by atoms with Gasteiger partial charge in [0.25, 0.3) is 0 Å². The number of ether oxygens (including phenoxy) is 1. The lowest BCUT2D eigenvalue weighted by Gasteiger charge is -2.30. The maximum absolute atomic E-state index is 11.6. The molecule has 0 radical (unpaired) electrons. The molecule has 0 bridgehead atoms. The van der Waals surface area contributed by atoms with Crippen LogP contribution in [0.1, 0.15) is 54.9 Å². The zero-order valence-electron chi connectivity index (χ0n) is 17.6. The summed E-state index contributed by atoms with van der Waals surface area (Å²) in [4.78, 5) is 14.0. The molecular formula is C26H30ClNO2. The second-order valence-electron chi connectivity index (χ2n) is 7.74. The number of hydrogen-bond donors (Lipinski definition) is 0. The summed E-state index contributed by atoms with van der Waals surface area (Å²) in [5, 5.41) is 0. The predicted molar refractivity (Wildman–Crippen MR) is 127 cm³/mol. The highest BCUT2D eigenvalue weighted by Gasteiger charge is 2.22. The molecule has 2 aromatic rings. The maximum Gasteiger partial charge on any atom is 0.305 e. The molecule has 0 atom stereocenters. The molecule has 2 aliphatic rings. The lowest BCUT2D eigenvalue weighted by atomic mass is 9.86. The zero-order chi connectivity index (χ0) is 20.1. The number of nitrogens with zero attached hydrogens (tertiary/aromatic N) is 1. The van der Waals surface area contributed by atoms with E-state index in [0.29, 0.717) is 13.0 Å². The molecule has 1 heterocycles. The van der Waals surface area contributed by atoms with Crippen molar-refractivity contribution in [3.8, 4) is 0 Å². The largest absolute Gasteiger partial charge is 0.466 e. The summed E-state index contributed by atoms with van der Waals surface area (Å²) < 4.78 is 5.04. The molecule has 1 fully saturated rings. The molecule has 1 aliphatic carbocycles. The van der Waals surface area contributed by atoms with Crippen molar-refractivity contribution in [1.82, 2.24) is 4.90 Å². The maximum atomic E-state index is 11.6. The van der Waals surface area contributed by atoms with Gasteiger partial charge in [0.05, 0.1) is 6.61 Å². The molecule has 1 saturated heterocycles. The first kappa shape index (κ1) is 22.3. The van der Waals surface area contributed by atoms with E-state index in [1.807, 2.05) is 6.92 Å². The fourth-order valence-corrected chi connectivity index (χ4v) is 4.42. The van der Waals surface area contributed by atoms with E-state index in [1.54, 1.807) is 5.57 Å². The normalized spacial score (nSPS) is 15.6. The number of halogens is 1. The standard InChI is InChI=1S/C26H29NO2.ClH/c1-2-29-25(28)12-7-17-27-18-15-22(16-19-27)26-23-10-5-3-8-20(23)13-14-21-9-4-6-11-24(21)26;/h3-6,8-11,13-14H,2,7,12,15-19H2,1H3;1H. The van der Waals surface area contributed by atoms with Gasteiger partial charge in [-0.05, 0) is 60.6 Å². The smallest absolute Gasteiger partial charge is 0.305 e. The SMILES string of the molecule is CCOC(=O)CCCN1CCC(=C2c3ccccc3C=Cc3ccccc32)CC1.Cl. The minimum absolute atomic E-state index is 0. The topological polar surface area (TPSA) is 29.5 Å². The van der Waals surface area contributed by atoms with Crippen LogP contribution in [0.5, 0.6) is 0 Å². The van der Waals surface area contributed by atoms with Gasteiger partial charge in [-0.3, -0.25) is 4.79 Å². The minimum Gasteiger partial charge on any atom is -0.466 e. The van der Waals surface area contributed by atoms with Crippen LogP contribution in [0.3, 0.4) is 0 Å². The number of carbonyl (C=O) groups excluding carboxylic acids is 1. The summed E-state index contributed by atoms with van der Waals surface area (Å²) in [7, 11) is 0. The number of esters is 1. The average molecular weight is 424 g/mol. The van der Waals surface area contributed by atoms with Crippen LogP contribution in [0.25, 0.3) is 17.7 Å². The van der Waals surface area contributed by atoms with E-state index in [4.69, 9.17) is 4.74 Å². The van der Waals surface area contributed by atoms with E-state index < -0.39 is 0 Å². The molecule has 1 aliphatic heterocycles. The monoisotopic (exact) mass is 423 g/mol. The van der Waals surface area contributed by atoms with Crippen molar-refractivity contribution in [3.05, 3.63) is 76.4 Å². The van der Waals surface area contributed by atoms with Crippen LogP contribution < -0.4 is 0 Å². The van der Waals surface area contributed by atoms with E-state index in [-0.39, 0.29) is 18.4 Å². The molecule has 4 rings (SSSR count). The Morgan fingerprint density at radius 1 is 0.933 bits per heavy atom. The molecule has 0 unspecified atom stereocenters. The van der Waals surface area contributed by atoms with Gasteiger partial charge in [0.15, 0.2) is 0 Å². The Balaban J connectivity index is 0.00000256. The average Bonchev–Trinajstić information content (AvgIpc) is 2.92. The second kappa shape index (κ2) is 10.6. The van der Waals surface area contributed by atoms with Crippen molar-refractivity contribution in [2.24, 2.45) is 0 Å².